The highest BCUT2D eigenvalue weighted by Crippen LogP contribution is 2.02. The van der Waals surface area contributed by atoms with E-state index in [0.29, 0.717) is 12.2 Å². The van der Waals surface area contributed by atoms with E-state index in [2.05, 4.69) is 9.98 Å². The molecule has 5 heteroatoms. The van der Waals surface area contributed by atoms with Crippen LogP contribution in [0, 0.1) is 0 Å². The Morgan fingerprint density at radius 3 is 3.08 bits per heavy atom. The van der Waals surface area contributed by atoms with Crippen molar-refractivity contribution in [2.75, 3.05) is 13.2 Å². The highest BCUT2D eigenvalue weighted by molar-refractivity contribution is 6.08. The minimum Gasteiger partial charge on any atom is -0.477 e. The van der Waals surface area contributed by atoms with Gasteiger partial charge in [-0.1, -0.05) is 0 Å². The molecule has 12 heavy (non-hydrogen) atoms. The van der Waals surface area contributed by atoms with Gasteiger partial charge in [0.1, 0.15) is 11.5 Å². The van der Waals surface area contributed by atoms with E-state index in [1.54, 1.807) is 12.9 Å². The van der Waals surface area contributed by atoms with Gasteiger partial charge < -0.3 is 10.5 Å². The Labute approximate surface area is 69.6 Å². The van der Waals surface area contributed by atoms with Crippen LogP contribution in [0.25, 0.3) is 0 Å². The third kappa shape index (κ3) is 1.71. The second-order valence-corrected chi connectivity index (χ2v) is 2.11. The molecule has 0 unspecified atom stereocenters. The zero-order valence-electron chi connectivity index (χ0n) is 6.70. The molecule has 0 aliphatic carbocycles. The van der Waals surface area contributed by atoms with E-state index in [4.69, 9.17) is 10.5 Å². The largest absolute Gasteiger partial charge is 0.477 e. The van der Waals surface area contributed by atoms with Crippen LogP contribution in [-0.4, -0.2) is 31.0 Å². The number of guanidine groups is 1. The molecule has 1 aliphatic heterocycles. The Morgan fingerprint density at radius 2 is 2.50 bits per heavy atom. The van der Waals surface area contributed by atoms with Gasteiger partial charge in [-0.15, -0.1) is 0 Å². The molecule has 2 N–H and O–H groups in total. The molecule has 0 spiro atoms. The van der Waals surface area contributed by atoms with Crippen LogP contribution in [0.5, 0.6) is 0 Å². The number of aliphatic imine (C=N–C) groups is 2. The summed E-state index contributed by atoms with van der Waals surface area (Å²) >= 11 is 0. The Hall–Kier alpha value is -1.61. The fraction of sp³-hybridized carbons (Fsp3) is 0.429. The fourth-order valence-corrected chi connectivity index (χ4v) is 0.767. The van der Waals surface area contributed by atoms with Gasteiger partial charge in [-0.05, 0) is 6.92 Å². The summed E-state index contributed by atoms with van der Waals surface area (Å²) in [5.74, 6) is 2.08. The lowest BCUT2D eigenvalue weighted by atomic mass is 10.3. The van der Waals surface area contributed by atoms with E-state index >= 15 is 0 Å². The van der Waals surface area contributed by atoms with E-state index in [9.17, 15) is 4.79 Å². The Balaban J connectivity index is 2.88. The quantitative estimate of drug-likeness (QED) is 0.535. The molecule has 0 saturated heterocycles. The molecule has 0 aromatic carbocycles. The van der Waals surface area contributed by atoms with Gasteiger partial charge in [-0.25, -0.2) is 9.79 Å². The summed E-state index contributed by atoms with van der Waals surface area (Å²) in [6.45, 7) is 2.44. The van der Waals surface area contributed by atoms with Gasteiger partial charge in [-0.2, -0.15) is 4.99 Å². The van der Waals surface area contributed by atoms with Crippen molar-refractivity contribution in [1.29, 1.82) is 0 Å². The van der Waals surface area contributed by atoms with Crippen LogP contribution in [0.4, 0.5) is 0 Å². The monoisotopic (exact) mass is 167 g/mol. The second-order valence-electron chi connectivity index (χ2n) is 2.11. The zero-order valence-corrected chi connectivity index (χ0v) is 6.70. The minimum atomic E-state index is 0.137. The molecule has 0 atom stereocenters. The molecule has 0 aromatic rings. The molecule has 64 valence electrons. The molecule has 1 heterocycles. The first-order valence-corrected chi connectivity index (χ1v) is 3.53. The van der Waals surface area contributed by atoms with Gasteiger partial charge in [-0.3, -0.25) is 0 Å². The van der Waals surface area contributed by atoms with Gasteiger partial charge in [0, 0.05) is 0 Å². The van der Waals surface area contributed by atoms with E-state index in [0.717, 1.165) is 0 Å². The van der Waals surface area contributed by atoms with Crippen LogP contribution >= 0.6 is 0 Å². The number of nitrogens with zero attached hydrogens (tertiary/aromatic N) is 2. The van der Waals surface area contributed by atoms with Crippen LogP contribution in [0.15, 0.2) is 15.6 Å². The Bertz CT molecular complexity index is 287. The molecular weight excluding hydrogens is 158 g/mol. The number of nitrogens with two attached hydrogens (primary N) is 1. The van der Waals surface area contributed by atoms with Crippen LogP contribution in [0.2, 0.25) is 0 Å². The Kier molecular flexibility index (Phi) is 2.61. The summed E-state index contributed by atoms with van der Waals surface area (Å²) in [6, 6.07) is 0. The van der Waals surface area contributed by atoms with E-state index in [1.165, 1.54) is 0 Å². The highest BCUT2D eigenvalue weighted by Gasteiger charge is 2.14. The average molecular weight is 167 g/mol. The van der Waals surface area contributed by atoms with Gasteiger partial charge in [0.2, 0.25) is 11.9 Å². The molecule has 0 amide bonds. The van der Waals surface area contributed by atoms with Gasteiger partial charge in [0.15, 0.2) is 0 Å². The molecule has 5 nitrogen and oxygen atoms in total. The standard InChI is InChI=1S/C7H9N3O2/c1-2-12-6-5(4-11)3-9-7(8)10-6/h2-3H2,1H3,(H2,8,9). The first-order valence-electron chi connectivity index (χ1n) is 3.53. The lowest BCUT2D eigenvalue weighted by Gasteiger charge is -2.10. The number of hydrogen-bond acceptors (Lipinski definition) is 5. The lowest BCUT2D eigenvalue weighted by molar-refractivity contribution is 0.327. The van der Waals surface area contributed by atoms with E-state index < -0.39 is 0 Å². The maximum Gasteiger partial charge on any atom is 0.233 e. The first kappa shape index (κ1) is 8.49. The van der Waals surface area contributed by atoms with Crippen molar-refractivity contribution < 1.29 is 9.53 Å². The maximum atomic E-state index is 10.3. The van der Waals surface area contributed by atoms with E-state index in [-0.39, 0.29) is 18.4 Å². The van der Waals surface area contributed by atoms with Crippen molar-refractivity contribution in [3.63, 3.8) is 0 Å². The number of rotatable bonds is 1. The number of carbonyl (C=O) groups excluding carboxylic acids is 1. The maximum absolute atomic E-state index is 10.3. The summed E-state index contributed by atoms with van der Waals surface area (Å²) in [4.78, 5) is 17.8. The molecule has 0 bridgehead atoms. The summed E-state index contributed by atoms with van der Waals surface area (Å²) in [6.07, 6.45) is 0. The molecular formula is C7H9N3O2. The SMILES string of the molecule is CCOC1=NC(N)=NCC1=C=O. The molecule has 0 aromatic heterocycles. The van der Waals surface area contributed by atoms with Crippen molar-refractivity contribution in [1.82, 2.24) is 0 Å². The van der Waals surface area contributed by atoms with E-state index in [1.807, 2.05) is 0 Å². The van der Waals surface area contributed by atoms with Crippen molar-refractivity contribution in [2.45, 2.75) is 6.92 Å². The van der Waals surface area contributed by atoms with Crippen LogP contribution in [0.1, 0.15) is 6.92 Å². The summed E-state index contributed by atoms with van der Waals surface area (Å²) in [5, 5.41) is 0. The van der Waals surface area contributed by atoms with Gasteiger partial charge in [0.05, 0.1) is 13.2 Å². The first-order chi connectivity index (χ1) is 5.77. The fourth-order valence-electron chi connectivity index (χ4n) is 0.767. The summed E-state index contributed by atoms with van der Waals surface area (Å²) in [5.41, 5.74) is 5.62. The molecule has 0 fully saturated rings. The smallest absolute Gasteiger partial charge is 0.233 e. The molecule has 1 aliphatic rings. The van der Waals surface area contributed by atoms with Crippen LogP contribution < -0.4 is 5.73 Å². The minimum absolute atomic E-state index is 0.137. The highest BCUT2D eigenvalue weighted by atomic mass is 16.5. The average Bonchev–Trinajstić information content (AvgIpc) is 2.05. The van der Waals surface area contributed by atoms with Crippen molar-refractivity contribution in [2.24, 2.45) is 15.7 Å². The van der Waals surface area contributed by atoms with Gasteiger partial charge in [0.25, 0.3) is 0 Å². The van der Waals surface area contributed by atoms with Crippen LogP contribution in [-0.2, 0) is 9.53 Å². The number of hydrogen-bond donors (Lipinski definition) is 1. The van der Waals surface area contributed by atoms with Gasteiger partial charge >= 0.3 is 0 Å². The second kappa shape index (κ2) is 3.69. The molecule has 0 radical (unpaired) electrons. The normalized spacial score (nSPS) is 16.2. The van der Waals surface area contributed by atoms with Crippen molar-refractivity contribution in [3.8, 4) is 0 Å². The molecule has 1 rings (SSSR count). The predicted molar refractivity (Wildman–Crippen MR) is 44.8 cm³/mol. The van der Waals surface area contributed by atoms with Crippen molar-refractivity contribution in [3.05, 3.63) is 5.57 Å². The predicted octanol–water partition coefficient (Wildman–Crippen LogP) is -0.492. The third-order valence-electron chi connectivity index (χ3n) is 1.28. The van der Waals surface area contributed by atoms with Crippen molar-refractivity contribution >= 4 is 17.8 Å². The number of ether oxygens (including phenoxy) is 1. The zero-order chi connectivity index (χ0) is 8.97. The third-order valence-corrected chi connectivity index (χ3v) is 1.28. The topological polar surface area (TPSA) is 77.0 Å². The summed E-state index contributed by atoms with van der Waals surface area (Å²) in [7, 11) is 0. The Morgan fingerprint density at radius 1 is 1.75 bits per heavy atom. The molecule has 0 saturated carbocycles. The van der Waals surface area contributed by atoms with Crippen LogP contribution in [0.3, 0.4) is 0 Å². The summed E-state index contributed by atoms with van der Waals surface area (Å²) < 4.78 is 5.05. The lowest BCUT2D eigenvalue weighted by Crippen LogP contribution is -2.23.